The number of benzene rings is 2. The van der Waals surface area contributed by atoms with Gasteiger partial charge in [0, 0.05) is 5.69 Å². The molecule has 1 N–H and O–H groups in total. The number of carbonyl (C=O) groups is 2. The second-order valence-corrected chi connectivity index (χ2v) is 7.68. The van der Waals surface area contributed by atoms with Gasteiger partial charge in [-0.1, -0.05) is 32.9 Å². The summed E-state index contributed by atoms with van der Waals surface area (Å²) in [5.41, 5.74) is 2.29. The highest BCUT2D eigenvalue weighted by atomic mass is 16.5. The molecule has 2 rings (SSSR count). The molecule has 0 saturated heterocycles. The van der Waals surface area contributed by atoms with E-state index in [4.69, 9.17) is 14.7 Å². The predicted molar refractivity (Wildman–Crippen MR) is 111 cm³/mol. The fourth-order valence-electron chi connectivity index (χ4n) is 2.48. The Kier molecular flexibility index (Phi) is 7.38. The number of hydrogen-bond acceptors (Lipinski definition) is 5. The Morgan fingerprint density at radius 2 is 1.69 bits per heavy atom. The lowest BCUT2D eigenvalue weighted by Gasteiger charge is -2.19. The number of carbonyl (C=O) groups excluding carboxylic acids is 2. The van der Waals surface area contributed by atoms with Crippen molar-refractivity contribution in [1.82, 2.24) is 0 Å². The molecule has 0 fully saturated rings. The van der Waals surface area contributed by atoms with E-state index < -0.39 is 18.0 Å². The van der Waals surface area contributed by atoms with Gasteiger partial charge in [0.15, 0.2) is 6.10 Å². The van der Waals surface area contributed by atoms with E-state index in [0.29, 0.717) is 17.0 Å². The summed E-state index contributed by atoms with van der Waals surface area (Å²) in [6, 6.07) is 16.2. The number of nitrogens with zero attached hydrogens (tertiary/aromatic N) is 1. The largest absolute Gasteiger partial charge is 0.493 e. The number of hydrogen-bond donors (Lipinski definition) is 1. The predicted octanol–water partition coefficient (Wildman–Crippen LogP) is 4.20. The average Bonchev–Trinajstić information content (AvgIpc) is 2.68. The number of nitrogens with one attached hydrogen (secondary N) is 1. The fourth-order valence-corrected chi connectivity index (χ4v) is 2.48. The third-order valence-electron chi connectivity index (χ3n) is 4.25. The van der Waals surface area contributed by atoms with Crippen LogP contribution >= 0.6 is 0 Å². The van der Waals surface area contributed by atoms with Crippen LogP contribution in [-0.4, -0.2) is 24.6 Å². The van der Waals surface area contributed by atoms with Crippen LogP contribution in [0.3, 0.4) is 0 Å². The summed E-state index contributed by atoms with van der Waals surface area (Å²) in [4.78, 5) is 24.1. The van der Waals surface area contributed by atoms with Gasteiger partial charge in [-0.05, 0) is 54.3 Å². The molecule has 0 aliphatic heterocycles. The molecule has 0 unspecified atom stereocenters. The van der Waals surface area contributed by atoms with Crippen molar-refractivity contribution in [1.29, 1.82) is 5.26 Å². The van der Waals surface area contributed by atoms with Gasteiger partial charge in [0.1, 0.15) is 5.75 Å². The zero-order chi connectivity index (χ0) is 21.4. The molecule has 0 aliphatic rings. The van der Waals surface area contributed by atoms with Crippen LogP contribution in [-0.2, 0) is 19.7 Å². The highest BCUT2D eigenvalue weighted by Gasteiger charge is 2.18. The monoisotopic (exact) mass is 394 g/mol. The molecule has 152 valence electrons. The molecular formula is C23H26N2O4. The van der Waals surface area contributed by atoms with Gasteiger partial charge in [-0.25, -0.2) is 0 Å². The number of nitriles is 1. The summed E-state index contributed by atoms with van der Waals surface area (Å²) in [6.07, 6.45) is -0.903. The van der Waals surface area contributed by atoms with Crippen molar-refractivity contribution < 1.29 is 19.1 Å². The zero-order valence-electron chi connectivity index (χ0n) is 17.2. The van der Waals surface area contributed by atoms with E-state index in [1.165, 1.54) is 12.5 Å². The maximum Gasteiger partial charge on any atom is 0.310 e. The standard InChI is InChI=1S/C23H26N2O4/c1-16(22(27)25-19-9-5-17(15-24)6-10-19)29-21(26)13-14-28-20-11-7-18(8-12-20)23(2,3)4/h5-12,16H,13-14H2,1-4H3,(H,25,27)/t16-/m0/s1. The summed E-state index contributed by atoms with van der Waals surface area (Å²) < 4.78 is 10.7. The summed E-state index contributed by atoms with van der Waals surface area (Å²) in [5, 5.41) is 11.4. The van der Waals surface area contributed by atoms with Crippen LogP contribution in [0.1, 0.15) is 45.2 Å². The minimum absolute atomic E-state index is 0.0372. The molecule has 1 amide bonds. The van der Waals surface area contributed by atoms with Gasteiger partial charge < -0.3 is 14.8 Å². The van der Waals surface area contributed by atoms with Crippen molar-refractivity contribution >= 4 is 17.6 Å². The molecule has 29 heavy (non-hydrogen) atoms. The SMILES string of the molecule is C[C@H](OC(=O)CCOc1ccc(C(C)(C)C)cc1)C(=O)Nc1ccc(C#N)cc1. The molecule has 2 aromatic rings. The molecule has 1 atom stereocenters. The summed E-state index contributed by atoms with van der Waals surface area (Å²) >= 11 is 0. The van der Waals surface area contributed by atoms with Crippen LogP contribution in [0.2, 0.25) is 0 Å². The lowest BCUT2D eigenvalue weighted by molar-refractivity contribution is -0.153. The number of esters is 1. The zero-order valence-corrected chi connectivity index (χ0v) is 17.2. The Hall–Kier alpha value is -3.33. The van der Waals surface area contributed by atoms with Crippen LogP contribution in [0.5, 0.6) is 5.75 Å². The number of rotatable bonds is 7. The number of ether oxygens (including phenoxy) is 2. The molecule has 0 saturated carbocycles. The van der Waals surface area contributed by atoms with Crippen LogP contribution in [0.15, 0.2) is 48.5 Å². The van der Waals surface area contributed by atoms with Crippen LogP contribution < -0.4 is 10.1 Å². The Labute approximate surface area is 171 Å². The number of anilines is 1. The minimum Gasteiger partial charge on any atom is -0.493 e. The first-order valence-corrected chi connectivity index (χ1v) is 9.43. The maximum atomic E-state index is 12.1. The van der Waals surface area contributed by atoms with Gasteiger partial charge in [-0.15, -0.1) is 0 Å². The van der Waals surface area contributed by atoms with E-state index in [-0.39, 0.29) is 18.4 Å². The van der Waals surface area contributed by atoms with Crippen molar-refractivity contribution in [3.8, 4) is 11.8 Å². The molecule has 0 spiro atoms. The van der Waals surface area contributed by atoms with Crippen LogP contribution in [0, 0.1) is 11.3 Å². The van der Waals surface area contributed by atoms with Gasteiger partial charge in [0.05, 0.1) is 24.7 Å². The Bertz CT molecular complexity index is 875. The van der Waals surface area contributed by atoms with E-state index in [1.54, 1.807) is 24.3 Å². The normalized spacial score (nSPS) is 11.8. The van der Waals surface area contributed by atoms with Gasteiger partial charge in [0.2, 0.25) is 0 Å². The number of amides is 1. The third-order valence-corrected chi connectivity index (χ3v) is 4.25. The van der Waals surface area contributed by atoms with Gasteiger partial charge >= 0.3 is 5.97 Å². The molecule has 6 nitrogen and oxygen atoms in total. The van der Waals surface area contributed by atoms with Crippen molar-refractivity contribution in [3.63, 3.8) is 0 Å². The molecular weight excluding hydrogens is 368 g/mol. The highest BCUT2D eigenvalue weighted by Crippen LogP contribution is 2.24. The lowest BCUT2D eigenvalue weighted by atomic mass is 9.87. The maximum absolute atomic E-state index is 12.1. The Morgan fingerprint density at radius 3 is 2.24 bits per heavy atom. The van der Waals surface area contributed by atoms with E-state index in [1.807, 2.05) is 30.3 Å². The van der Waals surface area contributed by atoms with Crippen LogP contribution in [0.4, 0.5) is 5.69 Å². The summed E-state index contributed by atoms with van der Waals surface area (Å²) in [6.45, 7) is 8.08. The van der Waals surface area contributed by atoms with E-state index in [2.05, 4.69) is 26.1 Å². The Balaban J connectivity index is 1.75. The highest BCUT2D eigenvalue weighted by molar-refractivity contribution is 5.95. The topological polar surface area (TPSA) is 88.4 Å². The van der Waals surface area contributed by atoms with Crippen molar-refractivity contribution in [3.05, 3.63) is 59.7 Å². The van der Waals surface area contributed by atoms with Crippen LogP contribution in [0.25, 0.3) is 0 Å². The van der Waals surface area contributed by atoms with E-state index in [9.17, 15) is 9.59 Å². The van der Waals surface area contributed by atoms with Crippen molar-refractivity contribution in [2.75, 3.05) is 11.9 Å². The van der Waals surface area contributed by atoms with E-state index in [0.717, 1.165) is 0 Å². The second kappa shape index (κ2) is 9.74. The lowest BCUT2D eigenvalue weighted by Crippen LogP contribution is -2.30. The molecule has 6 heteroatoms. The smallest absolute Gasteiger partial charge is 0.310 e. The first-order chi connectivity index (χ1) is 13.7. The first kappa shape index (κ1) is 22.0. The van der Waals surface area contributed by atoms with Crippen molar-refractivity contribution in [2.45, 2.75) is 45.6 Å². The molecule has 0 radical (unpaired) electrons. The van der Waals surface area contributed by atoms with Crippen molar-refractivity contribution in [2.24, 2.45) is 0 Å². The molecule has 2 aromatic carbocycles. The second-order valence-electron chi connectivity index (χ2n) is 7.68. The van der Waals surface area contributed by atoms with Gasteiger partial charge in [0.25, 0.3) is 5.91 Å². The average molecular weight is 394 g/mol. The Morgan fingerprint density at radius 1 is 1.07 bits per heavy atom. The molecule has 0 aliphatic carbocycles. The fraction of sp³-hybridized carbons (Fsp3) is 0.348. The third kappa shape index (κ3) is 6.96. The minimum atomic E-state index is -0.941. The molecule has 0 heterocycles. The van der Waals surface area contributed by atoms with Gasteiger partial charge in [-0.3, -0.25) is 9.59 Å². The van der Waals surface area contributed by atoms with E-state index >= 15 is 0 Å². The quantitative estimate of drug-likeness (QED) is 0.711. The summed E-state index contributed by atoms with van der Waals surface area (Å²) in [5.74, 6) is -0.280. The summed E-state index contributed by atoms with van der Waals surface area (Å²) in [7, 11) is 0. The van der Waals surface area contributed by atoms with Gasteiger partial charge in [-0.2, -0.15) is 5.26 Å². The molecule has 0 aromatic heterocycles. The first-order valence-electron chi connectivity index (χ1n) is 9.43. The molecule has 0 bridgehead atoms.